The molecule has 5 nitrogen and oxygen atoms in total. The Hall–Kier alpha value is -3.16. The zero-order valence-electron chi connectivity index (χ0n) is 14.6. The molecule has 3 rings (SSSR count). The van der Waals surface area contributed by atoms with Gasteiger partial charge in [0.15, 0.2) is 0 Å². The lowest BCUT2D eigenvalue weighted by molar-refractivity contribution is -0.137. The normalized spacial score (nSPS) is 11.3. The molecule has 0 aliphatic heterocycles. The van der Waals surface area contributed by atoms with Gasteiger partial charge in [-0.05, 0) is 48.4 Å². The average molecular weight is 373 g/mol. The van der Waals surface area contributed by atoms with Gasteiger partial charge in [0.25, 0.3) is 0 Å². The number of pyridine rings is 1. The molecule has 0 aliphatic rings. The van der Waals surface area contributed by atoms with E-state index in [1.54, 1.807) is 18.5 Å². The number of halogens is 3. The molecule has 0 unspecified atom stereocenters. The molecule has 0 saturated heterocycles. The van der Waals surface area contributed by atoms with Gasteiger partial charge in [0, 0.05) is 37.7 Å². The second-order valence-electron chi connectivity index (χ2n) is 5.99. The lowest BCUT2D eigenvalue weighted by atomic mass is 10.2. The average Bonchev–Trinajstić information content (AvgIpc) is 2.67. The molecule has 2 aromatic heterocycles. The van der Waals surface area contributed by atoms with Gasteiger partial charge in [-0.25, -0.2) is 9.97 Å². The first kappa shape index (κ1) is 18.6. The number of hydrogen-bond donors (Lipinski definition) is 1. The number of likely N-dealkylation sites (N-methyl/N-ethyl adjacent to an activating group) is 1. The molecule has 1 aromatic carbocycles. The first-order chi connectivity index (χ1) is 12.9. The highest BCUT2D eigenvalue weighted by atomic mass is 19.4. The molecular weight excluding hydrogens is 355 g/mol. The van der Waals surface area contributed by atoms with Crippen LogP contribution in [-0.4, -0.2) is 28.5 Å². The lowest BCUT2D eigenvalue weighted by Crippen LogP contribution is -2.21. The van der Waals surface area contributed by atoms with E-state index in [1.165, 1.54) is 24.0 Å². The van der Waals surface area contributed by atoms with Crippen molar-refractivity contribution in [3.8, 4) is 0 Å². The van der Waals surface area contributed by atoms with E-state index < -0.39 is 11.7 Å². The maximum Gasteiger partial charge on any atom is 0.416 e. The molecule has 0 spiro atoms. The van der Waals surface area contributed by atoms with E-state index in [0.717, 1.165) is 25.1 Å². The molecule has 0 fully saturated rings. The number of anilines is 3. The highest BCUT2D eigenvalue weighted by molar-refractivity contribution is 5.59. The molecular formula is C19H18F3N5. The van der Waals surface area contributed by atoms with Crippen molar-refractivity contribution >= 4 is 17.3 Å². The number of benzene rings is 1. The van der Waals surface area contributed by atoms with Crippen LogP contribution in [0.25, 0.3) is 0 Å². The molecule has 0 atom stereocenters. The van der Waals surface area contributed by atoms with Crippen LogP contribution in [0.5, 0.6) is 0 Å². The van der Waals surface area contributed by atoms with Crippen molar-refractivity contribution in [1.82, 2.24) is 15.0 Å². The van der Waals surface area contributed by atoms with Crippen molar-refractivity contribution < 1.29 is 13.2 Å². The van der Waals surface area contributed by atoms with Crippen LogP contribution in [0.3, 0.4) is 0 Å². The van der Waals surface area contributed by atoms with Crippen LogP contribution < -0.4 is 10.2 Å². The van der Waals surface area contributed by atoms with E-state index in [1.807, 2.05) is 24.1 Å². The SMILES string of the molecule is CN(CCc1ccncc1)c1cc(Nc2ccc(C(F)(F)F)cc2)ncn1. The Morgan fingerprint density at radius 1 is 1.00 bits per heavy atom. The summed E-state index contributed by atoms with van der Waals surface area (Å²) in [5, 5.41) is 3.00. The van der Waals surface area contributed by atoms with Crippen molar-refractivity contribution in [1.29, 1.82) is 0 Å². The molecule has 0 radical (unpaired) electrons. The standard InChI is InChI=1S/C19H18F3N5/c1-27(11-8-14-6-9-23-10-7-14)18-12-17(24-13-25-18)26-16-4-2-15(3-5-16)19(20,21)22/h2-7,9-10,12-13H,8,11H2,1H3,(H,24,25,26). The Bertz CT molecular complexity index is 867. The monoisotopic (exact) mass is 373 g/mol. The van der Waals surface area contributed by atoms with Crippen molar-refractivity contribution in [2.75, 3.05) is 23.8 Å². The minimum atomic E-state index is -4.35. The van der Waals surface area contributed by atoms with Crippen LogP contribution in [-0.2, 0) is 12.6 Å². The van der Waals surface area contributed by atoms with E-state index in [0.29, 0.717) is 17.3 Å². The zero-order chi connectivity index (χ0) is 19.3. The van der Waals surface area contributed by atoms with E-state index in [4.69, 9.17) is 0 Å². The van der Waals surface area contributed by atoms with Crippen LogP contribution in [0, 0.1) is 0 Å². The summed E-state index contributed by atoms with van der Waals surface area (Å²) in [6.45, 7) is 0.751. The third kappa shape index (κ3) is 5.16. The van der Waals surface area contributed by atoms with Gasteiger partial charge in [-0.15, -0.1) is 0 Å². The molecule has 27 heavy (non-hydrogen) atoms. The third-order valence-corrected chi connectivity index (χ3v) is 4.01. The van der Waals surface area contributed by atoms with Crippen molar-refractivity contribution in [2.24, 2.45) is 0 Å². The van der Waals surface area contributed by atoms with Crippen LogP contribution in [0.1, 0.15) is 11.1 Å². The second-order valence-corrected chi connectivity index (χ2v) is 5.99. The molecule has 140 valence electrons. The Labute approximate surface area is 154 Å². The van der Waals surface area contributed by atoms with Gasteiger partial charge in [-0.1, -0.05) is 0 Å². The molecule has 3 aromatic rings. The zero-order valence-corrected chi connectivity index (χ0v) is 14.6. The molecule has 8 heteroatoms. The summed E-state index contributed by atoms with van der Waals surface area (Å²) in [5.41, 5.74) is 1.01. The minimum Gasteiger partial charge on any atom is -0.359 e. The minimum absolute atomic E-state index is 0.510. The number of rotatable bonds is 6. The maximum absolute atomic E-state index is 12.6. The van der Waals surface area contributed by atoms with Crippen molar-refractivity contribution in [2.45, 2.75) is 12.6 Å². The fourth-order valence-electron chi connectivity index (χ4n) is 2.48. The van der Waals surface area contributed by atoms with Gasteiger partial charge >= 0.3 is 6.18 Å². The number of aromatic nitrogens is 3. The number of hydrogen-bond acceptors (Lipinski definition) is 5. The van der Waals surface area contributed by atoms with Crippen LogP contribution >= 0.6 is 0 Å². The number of nitrogens with one attached hydrogen (secondary N) is 1. The van der Waals surface area contributed by atoms with E-state index >= 15 is 0 Å². The summed E-state index contributed by atoms with van der Waals surface area (Å²) in [7, 11) is 1.92. The molecule has 0 saturated carbocycles. The van der Waals surface area contributed by atoms with E-state index in [9.17, 15) is 13.2 Å². The number of alkyl halides is 3. The Morgan fingerprint density at radius 3 is 2.37 bits per heavy atom. The summed E-state index contributed by atoms with van der Waals surface area (Å²) < 4.78 is 37.9. The van der Waals surface area contributed by atoms with Gasteiger partial charge in [-0.2, -0.15) is 13.2 Å². The predicted octanol–water partition coefficient (Wildman–Crippen LogP) is 4.31. The Morgan fingerprint density at radius 2 is 1.70 bits per heavy atom. The highest BCUT2D eigenvalue weighted by Crippen LogP contribution is 2.30. The molecule has 0 amide bonds. The second kappa shape index (κ2) is 8.03. The molecule has 0 bridgehead atoms. The summed E-state index contributed by atoms with van der Waals surface area (Å²) in [6.07, 6.45) is 1.42. The van der Waals surface area contributed by atoms with Gasteiger partial charge in [0.05, 0.1) is 5.56 Å². The quantitative estimate of drug-likeness (QED) is 0.698. The smallest absolute Gasteiger partial charge is 0.359 e. The topological polar surface area (TPSA) is 53.9 Å². The van der Waals surface area contributed by atoms with Crippen LogP contribution in [0.2, 0.25) is 0 Å². The van der Waals surface area contributed by atoms with Gasteiger partial charge in [-0.3, -0.25) is 4.98 Å². The van der Waals surface area contributed by atoms with Crippen molar-refractivity contribution in [3.63, 3.8) is 0 Å². The number of nitrogens with zero attached hydrogens (tertiary/aromatic N) is 4. The molecule has 2 heterocycles. The largest absolute Gasteiger partial charge is 0.416 e. The fourth-order valence-corrected chi connectivity index (χ4v) is 2.48. The first-order valence-electron chi connectivity index (χ1n) is 8.28. The maximum atomic E-state index is 12.6. The lowest BCUT2D eigenvalue weighted by Gasteiger charge is -2.18. The Kier molecular flexibility index (Phi) is 5.54. The summed E-state index contributed by atoms with van der Waals surface area (Å²) in [5.74, 6) is 1.23. The van der Waals surface area contributed by atoms with Crippen LogP contribution in [0.15, 0.2) is 61.2 Å². The Balaban J connectivity index is 1.64. The van der Waals surface area contributed by atoms with E-state index in [-0.39, 0.29) is 0 Å². The molecule has 0 aliphatic carbocycles. The van der Waals surface area contributed by atoms with Crippen LogP contribution in [0.4, 0.5) is 30.5 Å². The highest BCUT2D eigenvalue weighted by Gasteiger charge is 2.29. The van der Waals surface area contributed by atoms with Gasteiger partial charge < -0.3 is 10.2 Å². The first-order valence-corrected chi connectivity index (χ1v) is 8.28. The van der Waals surface area contributed by atoms with Gasteiger partial charge in [0.1, 0.15) is 18.0 Å². The summed E-state index contributed by atoms with van der Waals surface area (Å²) >= 11 is 0. The fraction of sp³-hybridized carbons (Fsp3) is 0.211. The summed E-state index contributed by atoms with van der Waals surface area (Å²) in [4.78, 5) is 14.4. The third-order valence-electron chi connectivity index (χ3n) is 4.01. The predicted molar refractivity (Wildman–Crippen MR) is 98.0 cm³/mol. The van der Waals surface area contributed by atoms with E-state index in [2.05, 4.69) is 20.3 Å². The van der Waals surface area contributed by atoms with Gasteiger partial charge in [0.2, 0.25) is 0 Å². The van der Waals surface area contributed by atoms with Crippen molar-refractivity contribution in [3.05, 3.63) is 72.3 Å². The molecule has 1 N–H and O–H groups in total. The summed E-state index contributed by atoms with van der Waals surface area (Å²) in [6, 6.07) is 10.5.